The molecule has 0 bridgehead atoms. The zero-order valence-corrected chi connectivity index (χ0v) is 11.2. The molecule has 0 fully saturated rings. The second-order valence-electron chi connectivity index (χ2n) is 4.08. The Balaban J connectivity index is 2.47. The lowest BCUT2D eigenvalue weighted by molar-refractivity contribution is 0.386. The molecule has 0 atom stereocenters. The van der Waals surface area contributed by atoms with Gasteiger partial charge in [-0.25, -0.2) is 14.4 Å². The Morgan fingerprint density at radius 3 is 2.74 bits per heavy atom. The Bertz CT molecular complexity index is 587. The number of hydrogen-bond donors (Lipinski definition) is 1. The van der Waals surface area contributed by atoms with Crippen molar-refractivity contribution in [3.8, 4) is 17.0 Å². The molecule has 0 saturated carbocycles. The van der Waals surface area contributed by atoms with Crippen LogP contribution in [0.2, 0.25) is 0 Å². The Kier molecular flexibility index (Phi) is 3.94. The van der Waals surface area contributed by atoms with Crippen molar-refractivity contribution in [3.05, 3.63) is 35.9 Å². The highest BCUT2D eigenvalue weighted by atomic mass is 19.1. The molecule has 1 N–H and O–H groups in total. The summed E-state index contributed by atoms with van der Waals surface area (Å²) in [6, 6.07) is 4.80. The monoisotopic (exact) mass is 261 g/mol. The quantitative estimate of drug-likeness (QED) is 0.919. The molecule has 1 aromatic heterocycles. The first kappa shape index (κ1) is 13.3. The van der Waals surface area contributed by atoms with Crippen molar-refractivity contribution in [1.29, 1.82) is 0 Å². The Hall–Kier alpha value is -2.17. The van der Waals surface area contributed by atoms with E-state index in [2.05, 4.69) is 15.3 Å². The molecule has 4 nitrogen and oxygen atoms in total. The number of hydrogen-bond acceptors (Lipinski definition) is 4. The molecular formula is C14H16FN3O. The van der Waals surface area contributed by atoms with E-state index in [1.165, 1.54) is 19.5 Å². The van der Waals surface area contributed by atoms with Crippen LogP contribution in [-0.4, -0.2) is 23.6 Å². The first-order chi connectivity index (χ1) is 9.17. The van der Waals surface area contributed by atoms with Gasteiger partial charge in [-0.05, 0) is 32.0 Å². The van der Waals surface area contributed by atoms with Gasteiger partial charge in [0.05, 0.1) is 12.8 Å². The SMILES string of the molecule is CCNc1ncnc(-c2ccc(OC)c(F)c2)c1C. The van der Waals surface area contributed by atoms with Gasteiger partial charge in [-0.1, -0.05) is 0 Å². The maximum absolute atomic E-state index is 13.7. The molecule has 0 unspecified atom stereocenters. The highest BCUT2D eigenvalue weighted by Gasteiger charge is 2.11. The summed E-state index contributed by atoms with van der Waals surface area (Å²) in [6.45, 7) is 4.68. The molecule has 0 aliphatic rings. The number of ether oxygens (including phenoxy) is 1. The van der Waals surface area contributed by atoms with Crippen molar-refractivity contribution < 1.29 is 9.13 Å². The third-order valence-electron chi connectivity index (χ3n) is 2.85. The van der Waals surface area contributed by atoms with Gasteiger partial charge in [0.15, 0.2) is 11.6 Å². The molecule has 19 heavy (non-hydrogen) atoms. The van der Waals surface area contributed by atoms with Crippen molar-refractivity contribution in [1.82, 2.24) is 9.97 Å². The van der Waals surface area contributed by atoms with Gasteiger partial charge in [0, 0.05) is 17.7 Å². The maximum atomic E-state index is 13.7. The molecule has 2 aromatic rings. The standard InChI is InChI=1S/C14H16FN3O/c1-4-16-14-9(2)13(17-8-18-14)10-5-6-12(19-3)11(15)7-10/h5-8H,4H2,1-3H3,(H,16,17,18). The van der Waals surface area contributed by atoms with E-state index >= 15 is 0 Å². The van der Waals surface area contributed by atoms with Crippen LogP contribution >= 0.6 is 0 Å². The predicted molar refractivity (Wildman–Crippen MR) is 72.9 cm³/mol. The molecule has 1 heterocycles. The third kappa shape index (κ3) is 2.65. The highest BCUT2D eigenvalue weighted by molar-refractivity contribution is 5.68. The molecule has 100 valence electrons. The maximum Gasteiger partial charge on any atom is 0.165 e. The van der Waals surface area contributed by atoms with Crippen LogP contribution in [0.3, 0.4) is 0 Å². The molecule has 0 radical (unpaired) electrons. The van der Waals surface area contributed by atoms with E-state index in [0.717, 1.165) is 17.9 Å². The van der Waals surface area contributed by atoms with Crippen LogP contribution in [0.5, 0.6) is 5.75 Å². The van der Waals surface area contributed by atoms with Crippen molar-refractivity contribution in [2.24, 2.45) is 0 Å². The number of nitrogens with zero attached hydrogens (tertiary/aromatic N) is 2. The Morgan fingerprint density at radius 2 is 2.11 bits per heavy atom. The molecule has 1 aromatic carbocycles. The lowest BCUT2D eigenvalue weighted by Crippen LogP contribution is -2.03. The average molecular weight is 261 g/mol. The van der Waals surface area contributed by atoms with E-state index in [0.29, 0.717) is 11.3 Å². The van der Waals surface area contributed by atoms with Crippen molar-refractivity contribution in [2.75, 3.05) is 19.0 Å². The molecular weight excluding hydrogens is 245 g/mol. The summed E-state index contributed by atoms with van der Waals surface area (Å²) in [4.78, 5) is 8.40. The molecule has 0 aliphatic carbocycles. The summed E-state index contributed by atoms with van der Waals surface area (Å²) in [5.41, 5.74) is 2.32. The molecule has 0 amide bonds. The van der Waals surface area contributed by atoms with Crippen LogP contribution in [0, 0.1) is 12.7 Å². The van der Waals surface area contributed by atoms with E-state index in [-0.39, 0.29) is 5.75 Å². The third-order valence-corrected chi connectivity index (χ3v) is 2.85. The van der Waals surface area contributed by atoms with Gasteiger partial charge in [-0.15, -0.1) is 0 Å². The van der Waals surface area contributed by atoms with Crippen LogP contribution in [0.4, 0.5) is 10.2 Å². The van der Waals surface area contributed by atoms with Gasteiger partial charge >= 0.3 is 0 Å². The minimum absolute atomic E-state index is 0.224. The molecule has 2 rings (SSSR count). The number of rotatable bonds is 4. The predicted octanol–water partition coefficient (Wildman–Crippen LogP) is 3.03. The fraction of sp³-hybridized carbons (Fsp3) is 0.286. The lowest BCUT2D eigenvalue weighted by Gasteiger charge is -2.11. The smallest absolute Gasteiger partial charge is 0.165 e. The number of benzene rings is 1. The summed E-state index contributed by atoms with van der Waals surface area (Å²) >= 11 is 0. The van der Waals surface area contributed by atoms with Gasteiger partial charge in [-0.3, -0.25) is 0 Å². The molecule has 0 spiro atoms. The normalized spacial score (nSPS) is 10.3. The minimum Gasteiger partial charge on any atom is -0.494 e. The largest absolute Gasteiger partial charge is 0.494 e. The highest BCUT2D eigenvalue weighted by Crippen LogP contribution is 2.28. The second-order valence-corrected chi connectivity index (χ2v) is 4.08. The summed E-state index contributed by atoms with van der Waals surface area (Å²) in [7, 11) is 1.44. The lowest BCUT2D eigenvalue weighted by atomic mass is 10.1. The van der Waals surface area contributed by atoms with Crippen molar-refractivity contribution >= 4 is 5.82 Å². The van der Waals surface area contributed by atoms with Crippen LogP contribution in [0.15, 0.2) is 24.5 Å². The molecule has 0 aliphatic heterocycles. The number of halogens is 1. The Labute approximate surface area is 111 Å². The number of aromatic nitrogens is 2. The van der Waals surface area contributed by atoms with Crippen LogP contribution in [-0.2, 0) is 0 Å². The minimum atomic E-state index is -0.400. The fourth-order valence-electron chi connectivity index (χ4n) is 1.90. The summed E-state index contributed by atoms with van der Waals surface area (Å²) in [5, 5.41) is 3.15. The van der Waals surface area contributed by atoms with Gasteiger partial charge in [0.2, 0.25) is 0 Å². The van der Waals surface area contributed by atoms with E-state index in [9.17, 15) is 4.39 Å². The first-order valence-corrected chi connectivity index (χ1v) is 6.06. The molecule has 0 saturated heterocycles. The van der Waals surface area contributed by atoms with Crippen LogP contribution in [0.25, 0.3) is 11.3 Å². The molecule has 5 heteroatoms. The first-order valence-electron chi connectivity index (χ1n) is 6.06. The van der Waals surface area contributed by atoms with Crippen LogP contribution in [0.1, 0.15) is 12.5 Å². The zero-order chi connectivity index (χ0) is 13.8. The second kappa shape index (κ2) is 5.65. The van der Waals surface area contributed by atoms with Crippen molar-refractivity contribution in [3.63, 3.8) is 0 Å². The van der Waals surface area contributed by atoms with E-state index in [4.69, 9.17) is 4.74 Å². The Morgan fingerprint density at radius 1 is 1.32 bits per heavy atom. The van der Waals surface area contributed by atoms with E-state index in [1.807, 2.05) is 13.8 Å². The summed E-state index contributed by atoms with van der Waals surface area (Å²) in [5.74, 6) is 0.592. The van der Waals surface area contributed by atoms with Gasteiger partial charge < -0.3 is 10.1 Å². The van der Waals surface area contributed by atoms with Crippen LogP contribution < -0.4 is 10.1 Å². The van der Waals surface area contributed by atoms with Crippen molar-refractivity contribution in [2.45, 2.75) is 13.8 Å². The van der Waals surface area contributed by atoms with Gasteiger partial charge in [0.1, 0.15) is 12.1 Å². The van der Waals surface area contributed by atoms with E-state index < -0.39 is 5.82 Å². The zero-order valence-electron chi connectivity index (χ0n) is 11.2. The number of methoxy groups -OCH3 is 1. The summed E-state index contributed by atoms with van der Waals surface area (Å²) < 4.78 is 18.6. The van der Waals surface area contributed by atoms with Gasteiger partial charge in [0.25, 0.3) is 0 Å². The number of anilines is 1. The van der Waals surface area contributed by atoms with Gasteiger partial charge in [-0.2, -0.15) is 0 Å². The summed E-state index contributed by atoms with van der Waals surface area (Å²) in [6.07, 6.45) is 1.47. The topological polar surface area (TPSA) is 47.0 Å². The number of nitrogens with one attached hydrogen (secondary N) is 1. The average Bonchev–Trinajstić information content (AvgIpc) is 2.41. The van der Waals surface area contributed by atoms with E-state index in [1.54, 1.807) is 12.1 Å². The fourth-order valence-corrected chi connectivity index (χ4v) is 1.90.